The van der Waals surface area contributed by atoms with Gasteiger partial charge in [-0.15, -0.1) is 0 Å². The van der Waals surface area contributed by atoms with Gasteiger partial charge in [-0.25, -0.2) is 0 Å². The zero-order valence-electron chi connectivity index (χ0n) is 19.0. The standard InChI is InChI=1S/C28H36N2O2/c31-27-12-6-11-23(19-27)24-17-25-13-14-26(18-24)30(25)16-15-29(20-21-7-2-1-3-8-21)28(32)22-9-4-5-10-22/h1-3,6-8,11-12,19,22,24-26,31H,4-5,9-10,13-18,20H2/t24?,25-,26+. The van der Waals surface area contributed by atoms with Crippen LogP contribution in [-0.4, -0.2) is 46.0 Å². The third kappa shape index (κ3) is 4.71. The van der Waals surface area contributed by atoms with Crippen LogP contribution in [0.2, 0.25) is 0 Å². The molecule has 1 amide bonds. The first-order chi connectivity index (χ1) is 15.7. The molecule has 2 bridgehead atoms. The molecular weight excluding hydrogens is 396 g/mol. The Morgan fingerprint density at radius 2 is 1.66 bits per heavy atom. The number of carbonyl (C=O) groups is 1. The van der Waals surface area contributed by atoms with E-state index in [9.17, 15) is 9.90 Å². The van der Waals surface area contributed by atoms with Crippen LogP contribution >= 0.6 is 0 Å². The highest BCUT2D eigenvalue weighted by Gasteiger charge is 2.41. The van der Waals surface area contributed by atoms with Crippen LogP contribution < -0.4 is 0 Å². The summed E-state index contributed by atoms with van der Waals surface area (Å²) in [5.74, 6) is 1.51. The summed E-state index contributed by atoms with van der Waals surface area (Å²) in [4.78, 5) is 18.2. The van der Waals surface area contributed by atoms with Gasteiger partial charge in [0.15, 0.2) is 0 Å². The predicted octanol–water partition coefficient (Wildman–Crippen LogP) is 5.32. The van der Waals surface area contributed by atoms with Crippen molar-refractivity contribution >= 4 is 5.91 Å². The smallest absolute Gasteiger partial charge is 0.226 e. The van der Waals surface area contributed by atoms with E-state index in [1.54, 1.807) is 6.07 Å². The third-order valence-corrected chi connectivity index (χ3v) is 8.09. The topological polar surface area (TPSA) is 43.8 Å². The number of fused-ring (bicyclic) bond motifs is 2. The fourth-order valence-electron chi connectivity index (χ4n) is 6.43. The SMILES string of the molecule is O=C(C1CCCC1)N(CCN1[C@@H]2CC[C@H]1CC(c1cccc(O)c1)C2)Cc1ccccc1. The van der Waals surface area contributed by atoms with Gasteiger partial charge in [0, 0.05) is 37.6 Å². The Balaban J connectivity index is 1.24. The average Bonchev–Trinajstić information content (AvgIpc) is 3.43. The molecule has 5 rings (SSSR count). The van der Waals surface area contributed by atoms with E-state index in [1.807, 2.05) is 18.2 Å². The van der Waals surface area contributed by atoms with E-state index < -0.39 is 0 Å². The van der Waals surface area contributed by atoms with Gasteiger partial charge >= 0.3 is 0 Å². The second-order valence-electron chi connectivity index (χ2n) is 10.1. The van der Waals surface area contributed by atoms with Gasteiger partial charge in [-0.05, 0) is 67.7 Å². The van der Waals surface area contributed by atoms with Gasteiger partial charge in [0.05, 0.1) is 0 Å². The number of phenolic OH excluding ortho intramolecular Hbond substituents is 1. The summed E-state index contributed by atoms with van der Waals surface area (Å²) in [5, 5.41) is 9.90. The summed E-state index contributed by atoms with van der Waals surface area (Å²) in [6.45, 7) is 2.53. The normalized spacial score (nSPS) is 25.8. The van der Waals surface area contributed by atoms with Gasteiger partial charge in [0.25, 0.3) is 0 Å². The second-order valence-corrected chi connectivity index (χ2v) is 10.1. The van der Waals surface area contributed by atoms with Crippen molar-refractivity contribution in [1.82, 2.24) is 9.80 Å². The van der Waals surface area contributed by atoms with Crippen molar-refractivity contribution in [3.63, 3.8) is 0 Å². The summed E-state index contributed by atoms with van der Waals surface area (Å²) in [6, 6.07) is 19.5. The van der Waals surface area contributed by atoms with Gasteiger partial charge in [0.1, 0.15) is 5.75 Å². The minimum Gasteiger partial charge on any atom is -0.508 e. The monoisotopic (exact) mass is 432 g/mol. The number of hydrogen-bond acceptors (Lipinski definition) is 3. The van der Waals surface area contributed by atoms with Gasteiger partial charge in [-0.1, -0.05) is 55.3 Å². The molecule has 2 aromatic carbocycles. The number of rotatable bonds is 7. The number of nitrogens with zero attached hydrogens (tertiary/aromatic N) is 2. The van der Waals surface area contributed by atoms with Crippen molar-refractivity contribution in [2.75, 3.05) is 13.1 Å². The average molecular weight is 433 g/mol. The molecule has 1 N–H and O–H groups in total. The molecule has 3 atom stereocenters. The maximum absolute atomic E-state index is 13.4. The zero-order chi connectivity index (χ0) is 21.9. The molecular formula is C28H36N2O2. The largest absolute Gasteiger partial charge is 0.508 e. The number of carbonyl (C=O) groups excluding carboxylic acids is 1. The Hall–Kier alpha value is -2.33. The fraction of sp³-hybridized carbons (Fsp3) is 0.536. The highest BCUT2D eigenvalue weighted by molar-refractivity contribution is 5.79. The molecule has 1 unspecified atom stereocenters. The first-order valence-electron chi connectivity index (χ1n) is 12.5. The predicted molar refractivity (Wildman–Crippen MR) is 127 cm³/mol. The third-order valence-electron chi connectivity index (χ3n) is 8.09. The van der Waals surface area contributed by atoms with E-state index in [4.69, 9.17) is 0 Å². The Bertz CT molecular complexity index is 895. The van der Waals surface area contributed by atoms with E-state index in [0.717, 1.165) is 45.3 Å². The molecule has 170 valence electrons. The number of aromatic hydroxyl groups is 1. The molecule has 3 aliphatic rings. The van der Waals surface area contributed by atoms with Crippen LogP contribution in [-0.2, 0) is 11.3 Å². The Morgan fingerprint density at radius 1 is 0.938 bits per heavy atom. The Morgan fingerprint density at radius 3 is 2.34 bits per heavy atom. The van der Waals surface area contributed by atoms with Gasteiger partial charge < -0.3 is 10.0 Å². The van der Waals surface area contributed by atoms with Gasteiger partial charge in [-0.3, -0.25) is 9.69 Å². The van der Waals surface area contributed by atoms with Crippen LogP contribution in [0.25, 0.3) is 0 Å². The summed E-state index contributed by atoms with van der Waals surface area (Å²) < 4.78 is 0. The Labute approximate surface area is 192 Å². The lowest BCUT2D eigenvalue weighted by Gasteiger charge is -2.40. The molecule has 3 fully saturated rings. The van der Waals surface area contributed by atoms with Crippen LogP contribution in [0.1, 0.15) is 68.4 Å². The summed E-state index contributed by atoms with van der Waals surface area (Å²) >= 11 is 0. The lowest BCUT2D eigenvalue weighted by atomic mass is 9.85. The molecule has 2 heterocycles. The first-order valence-corrected chi connectivity index (χ1v) is 12.5. The number of benzene rings is 2. The Kier molecular flexibility index (Phi) is 6.49. The van der Waals surface area contributed by atoms with E-state index in [-0.39, 0.29) is 5.92 Å². The molecule has 2 aromatic rings. The minimum absolute atomic E-state index is 0.229. The van der Waals surface area contributed by atoms with Crippen molar-refractivity contribution < 1.29 is 9.90 Å². The van der Waals surface area contributed by atoms with Crippen molar-refractivity contribution in [2.45, 2.75) is 75.9 Å². The summed E-state index contributed by atoms with van der Waals surface area (Å²) in [5.41, 5.74) is 2.51. The van der Waals surface area contributed by atoms with Crippen LogP contribution in [0.5, 0.6) is 5.75 Å². The number of hydrogen-bond donors (Lipinski definition) is 1. The molecule has 2 aliphatic heterocycles. The number of amides is 1. The van der Waals surface area contributed by atoms with Gasteiger partial charge in [0.2, 0.25) is 5.91 Å². The first kappa shape index (κ1) is 21.5. The summed E-state index contributed by atoms with van der Waals surface area (Å²) in [6.07, 6.45) is 9.36. The van der Waals surface area contributed by atoms with Crippen LogP contribution in [0.4, 0.5) is 0 Å². The fourth-order valence-corrected chi connectivity index (χ4v) is 6.43. The molecule has 0 radical (unpaired) electrons. The van der Waals surface area contributed by atoms with Gasteiger partial charge in [-0.2, -0.15) is 0 Å². The van der Waals surface area contributed by atoms with Crippen molar-refractivity contribution in [3.05, 3.63) is 65.7 Å². The van der Waals surface area contributed by atoms with Crippen molar-refractivity contribution in [1.29, 1.82) is 0 Å². The molecule has 0 spiro atoms. The maximum atomic E-state index is 13.4. The summed E-state index contributed by atoms with van der Waals surface area (Å²) in [7, 11) is 0. The van der Waals surface area contributed by atoms with Crippen LogP contribution in [0.15, 0.2) is 54.6 Å². The highest BCUT2D eigenvalue weighted by atomic mass is 16.3. The molecule has 4 nitrogen and oxygen atoms in total. The van der Waals surface area contributed by atoms with Crippen molar-refractivity contribution in [2.24, 2.45) is 5.92 Å². The van der Waals surface area contributed by atoms with E-state index in [1.165, 1.54) is 36.8 Å². The quantitative estimate of drug-likeness (QED) is 0.644. The number of phenols is 1. The van der Waals surface area contributed by atoms with E-state index >= 15 is 0 Å². The molecule has 2 saturated heterocycles. The molecule has 1 saturated carbocycles. The van der Waals surface area contributed by atoms with Crippen LogP contribution in [0, 0.1) is 5.92 Å². The van der Waals surface area contributed by atoms with Crippen LogP contribution in [0.3, 0.4) is 0 Å². The molecule has 4 heteroatoms. The van der Waals surface area contributed by atoms with E-state index in [2.05, 4.69) is 40.1 Å². The van der Waals surface area contributed by atoms with E-state index in [0.29, 0.717) is 29.7 Å². The highest BCUT2D eigenvalue weighted by Crippen LogP contribution is 2.43. The second kappa shape index (κ2) is 9.66. The molecule has 1 aliphatic carbocycles. The lowest BCUT2D eigenvalue weighted by molar-refractivity contribution is -0.136. The van der Waals surface area contributed by atoms with Crippen molar-refractivity contribution in [3.8, 4) is 5.75 Å². The molecule has 32 heavy (non-hydrogen) atoms. The lowest BCUT2D eigenvalue weighted by Crippen LogP contribution is -2.47. The zero-order valence-corrected chi connectivity index (χ0v) is 19.0. The maximum Gasteiger partial charge on any atom is 0.226 e. The molecule has 0 aromatic heterocycles. The number of piperidine rings is 1. The minimum atomic E-state index is 0.229.